The van der Waals surface area contributed by atoms with E-state index in [1.165, 1.54) is 16.4 Å². The molecule has 34 heavy (non-hydrogen) atoms. The monoisotopic (exact) mass is 489 g/mol. The summed E-state index contributed by atoms with van der Waals surface area (Å²) in [6, 6.07) is 13.8. The molecule has 0 spiro atoms. The number of sulfonamides is 1. The van der Waals surface area contributed by atoms with Crippen LogP contribution >= 0.6 is 0 Å². The molecular weight excluding hydrogens is 458 g/mol. The highest BCUT2D eigenvalue weighted by Crippen LogP contribution is 2.28. The molecular formula is C24H31N3O6S. The highest BCUT2D eigenvalue weighted by molar-refractivity contribution is 7.89. The molecule has 0 bridgehead atoms. The molecule has 0 aromatic heterocycles. The van der Waals surface area contributed by atoms with Gasteiger partial charge in [-0.1, -0.05) is 36.4 Å². The Morgan fingerprint density at radius 1 is 1.21 bits per heavy atom. The first kappa shape index (κ1) is 25.8. The third kappa shape index (κ3) is 6.40. The van der Waals surface area contributed by atoms with Gasteiger partial charge >= 0.3 is 0 Å². The number of hydrogen-bond donors (Lipinski definition) is 1. The maximum Gasteiger partial charge on any atom is 0.270 e. The van der Waals surface area contributed by atoms with Crippen LogP contribution in [0.25, 0.3) is 0 Å². The van der Waals surface area contributed by atoms with Gasteiger partial charge in [-0.3, -0.25) is 14.9 Å². The minimum atomic E-state index is -3.87. The number of nitro groups is 1. The maximum atomic E-state index is 13.0. The van der Waals surface area contributed by atoms with Crippen molar-refractivity contribution in [3.63, 3.8) is 0 Å². The first-order valence-corrected chi connectivity index (χ1v) is 12.8. The Hall–Kier alpha value is -2.82. The van der Waals surface area contributed by atoms with E-state index in [0.717, 1.165) is 11.6 Å². The van der Waals surface area contributed by atoms with Crippen LogP contribution in [0.1, 0.15) is 43.4 Å². The minimum Gasteiger partial charge on any atom is -0.374 e. The number of ether oxygens (including phenoxy) is 1. The van der Waals surface area contributed by atoms with Crippen molar-refractivity contribution in [2.75, 3.05) is 26.2 Å². The van der Waals surface area contributed by atoms with E-state index < -0.39 is 14.9 Å². The molecule has 1 amide bonds. The van der Waals surface area contributed by atoms with Gasteiger partial charge in [-0.15, -0.1) is 0 Å². The number of aryl methyl sites for hydroxylation is 1. The zero-order valence-corrected chi connectivity index (χ0v) is 20.3. The molecule has 10 heteroatoms. The molecule has 1 fully saturated rings. The first-order chi connectivity index (χ1) is 16.2. The molecule has 3 rings (SSSR count). The number of carbonyl (C=O) groups excluding carboxylic acids is 1. The van der Waals surface area contributed by atoms with Gasteiger partial charge in [0, 0.05) is 44.3 Å². The lowest BCUT2D eigenvalue weighted by Crippen LogP contribution is -2.43. The van der Waals surface area contributed by atoms with Crippen LogP contribution in [0.5, 0.6) is 0 Å². The van der Waals surface area contributed by atoms with Crippen LogP contribution < -0.4 is 5.32 Å². The van der Waals surface area contributed by atoms with E-state index in [9.17, 15) is 23.3 Å². The van der Waals surface area contributed by atoms with E-state index in [1.54, 1.807) is 6.92 Å². The number of benzene rings is 2. The largest absolute Gasteiger partial charge is 0.374 e. The predicted octanol–water partition coefficient (Wildman–Crippen LogP) is 3.59. The molecule has 1 aliphatic heterocycles. The molecule has 1 heterocycles. The summed E-state index contributed by atoms with van der Waals surface area (Å²) in [4.78, 5) is 22.9. The second kappa shape index (κ2) is 11.5. The Morgan fingerprint density at radius 3 is 2.53 bits per heavy atom. The molecule has 1 N–H and O–H groups in total. The van der Waals surface area contributed by atoms with E-state index in [0.29, 0.717) is 38.0 Å². The minimum absolute atomic E-state index is 0.0159. The molecule has 0 radical (unpaired) electrons. The highest BCUT2D eigenvalue weighted by atomic mass is 32.2. The lowest BCUT2D eigenvalue weighted by molar-refractivity contribution is -0.385. The third-order valence-electron chi connectivity index (χ3n) is 6.08. The molecule has 2 aromatic rings. The number of hydrogen-bond acceptors (Lipinski definition) is 6. The lowest BCUT2D eigenvalue weighted by atomic mass is 9.97. The summed E-state index contributed by atoms with van der Waals surface area (Å²) < 4.78 is 33.2. The van der Waals surface area contributed by atoms with Gasteiger partial charge in [0.25, 0.3) is 5.69 Å². The fraction of sp³-hybridized carbons (Fsp3) is 0.458. The average Bonchev–Trinajstić information content (AvgIpc) is 2.84. The van der Waals surface area contributed by atoms with Crippen molar-refractivity contribution in [3.8, 4) is 0 Å². The predicted molar refractivity (Wildman–Crippen MR) is 128 cm³/mol. The molecule has 1 saturated heterocycles. The summed E-state index contributed by atoms with van der Waals surface area (Å²) >= 11 is 0. The van der Waals surface area contributed by atoms with Crippen molar-refractivity contribution in [1.29, 1.82) is 0 Å². The number of nitrogens with zero attached hydrogens (tertiary/aromatic N) is 2. The van der Waals surface area contributed by atoms with E-state index in [4.69, 9.17) is 4.74 Å². The summed E-state index contributed by atoms with van der Waals surface area (Å²) in [6.45, 7) is 5.01. The topological polar surface area (TPSA) is 119 Å². The number of nitro benzene ring substituents is 1. The second-order valence-electron chi connectivity index (χ2n) is 8.45. The molecule has 1 atom stereocenters. The fourth-order valence-corrected chi connectivity index (χ4v) is 5.70. The Kier molecular flexibility index (Phi) is 8.76. The van der Waals surface area contributed by atoms with Gasteiger partial charge in [0.05, 0.1) is 15.9 Å². The molecule has 0 saturated carbocycles. The molecule has 2 aromatic carbocycles. The molecule has 9 nitrogen and oxygen atoms in total. The number of amides is 1. The van der Waals surface area contributed by atoms with E-state index in [-0.39, 0.29) is 41.6 Å². The highest BCUT2D eigenvalue weighted by Gasteiger charge is 2.33. The number of non-ortho nitro benzene ring substituents is 1. The number of piperidine rings is 1. The van der Waals surface area contributed by atoms with E-state index >= 15 is 0 Å². The van der Waals surface area contributed by atoms with Crippen molar-refractivity contribution in [1.82, 2.24) is 9.62 Å². The van der Waals surface area contributed by atoms with Crippen molar-refractivity contribution >= 4 is 21.6 Å². The van der Waals surface area contributed by atoms with Crippen molar-refractivity contribution in [2.45, 2.75) is 44.1 Å². The lowest BCUT2D eigenvalue weighted by Gasteiger charge is -2.30. The van der Waals surface area contributed by atoms with Crippen LogP contribution in [0.4, 0.5) is 5.69 Å². The van der Waals surface area contributed by atoms with Crippen LogP contribution in [-0.4, -0.2) is 49.8 Å². The molecule has 1 unspecified atom stereocenters. The maximum absolute atomic E-state index is 13.0. The number of rotatable bonds is 10. The third-order valence-corrected chi connectivity index (χ3v) is 8.12. The quantitative estimate of drug-likeness (QED) is 0.309. The van der Waals surface area contributed by atoms with Gasteiger partial charge in [0.15, 0.2) is 0 Å². The van der Waals surface area contributed by atoms with Gasteiger partial charge in [0.2, 0.25) is 15.9 Å². The van der Waals surface area contributed by atoms with Crippen LogP contribution in [0.2, 0.25) is 0 Å². The normalized spacial score (nSPS) is 16.2. The summed E-state index contributed by atoms with van der Waals surface area (Å²) in [5.41, 5.74) is 1.29. The van der Waals surface area contributed by atoms with Crippen molar-refractivity contribution in [2.24, 2.45) is 5.92 Å². The Balaban J connectivity index is 1.44. The zero-order valence-electron chi connectivity index (χ0n) is 19.5. The van der Waals surface area contributed by atoms with E-state index in [1.807, 2.05) is 37.3 Å². The van der Waals surface area contributed by atoms with Crippen LogP contribution in [0.15, 0.2) is 53.4 Å². The van der Waals surface area contributed by atoms with Crippen molar-refractivity contribution in [3.05, 3.63) is 69.8 Å². The summed E-state index contributed by atoms with van der Waals surface area (Å²) in [7, 11) is -3.87. The van der Waals surface area contributed by atoms with Crippen LogP contribution in [0, 0.1) is 23.0 Å². The van der Waals surface area contributed by atoms with Gasteiger partial charge in [-0.2, -0.15) is 4.31 Å². The van der Waals surface area contributed by atoms with Crippen LogP contribution in [0.3, 0.4) is 0 Å². The number of carbonyl (C=O) groups is 1. The van der Waals surface area contributed by atoms with Crippen LogP contribution in [-0.2, 0) is 19.6 Å². The van der Waals surface area contributed by atoms with Gasteiger partial charge in [-0.05, 0) is 44.2 Å². The Labute approximate surface area is 200 Å². The average molecular weight is 490 g/mol. The summed E-state index contributed by atoms with van der Waals surface area (Å²) in [5.74, 6) is -0.346. The Bertz CT molecular complexity index is 1100. The summed E-state index contributed by atoms with van der Waals surface area (Å²) in [5, 5.41) is 14.0. The van der Waals surface area contributed by atoms with Crippen molar-refractivity contribution < 1.29 is 22.9 Å². The zero-order chi connectivity index (χ0) is 24.7. The van der Waals surface area contributed by atoms with Gasteiger partial charge in [-0.25, -0.2) is 8.42 Å². The van der Waals surface area contributed by atoms with Gasteiger partial charge < -0.3 is 10.1 Å². The SMILES string of the molecule is Cc1ccc([N+](=O)[O-])cc1S(=O)(=O)N1CCC(C(=O)NCCCOC(C)c2ccccc2)CC1. The van der Waals surface area contributed by atoms with E-state index in [2.05, 4.69) is 5.32 Å². The number of nitrogens with one attached hydrogen (secondary N) is 1. The molecule has 1 aliphatic rings. The first-order valence-electron chi connectivity index (χ1n) is 11.4. The smallest absolute Gasteiger partial charge is 0.270 e. The Morgan fingerprint density at radius 2 is 1.88 bits per heavy atom. The molecule has 184 valence electrons. The summed E-state index contributed by atoms with van der Waals surface area (Å²) in [6.07, 6.45) is 1.47. The standard InChI is InChI=1S/C24H31N3O6S/c1-18-9-10-22(27(29)30)17-23(18)34(31,32)26-14-11-21(12-15-26)24(28)25-13-6-16-33-19(2)20-7-4-3-5-8-20/h3-5,7-10,17,19,21H,6,11-16H2,1-2H3,(H,25,28). The fourth-order valence-electron chi connectivity index (χ4n) is 3.99. The molecule has 0 aliphatic carbocycles. The second-order valence-corrected chi connectivity index (χ2v) is 10.4. The van der Waals surface area contributed by atoms with Gasteiger partial charge in [0.1, 0.15) is 0 Å².